The minimum absolute atomic E-state index is 0.278. The van der Waals surface area contributed by atoms with Crippen LogP contribution in [0.5, 0.6) is 0 Å². The summed E-state index contributed by atoms with van der Waals surface area (Å²) in [5, 5.41) is 0. The van der Waals surface area contributed by atoms with E-state index in [0.717, 1.165) is 0 Å². The quantitative estimate of drug-likeness (QED) is 0.415. The van der Waals surface area contributed by atoms with Gasteiger partial charge in [0, 0.05) is 12.8 Å². The molecule has 0 saturated heterocycles. The second kappa shape index (κ2) is 6.38. The first-order chi connectivity index (χ1) is 8.71. The van der Waals surface area contributed by atoms with Crippen molar-refractivity contribution in [2.45, 2.75) is 62.7 Å². The Labute approximate surface area is 108 Å². The normalized spacial score (nSPS) is 14.7. The molecular formula is C10H12F10. The first-order valence-corrected chi connectivity index (χ1v) is 5.60. The van der Waals surface area contributed by atoms with Crippen LogP contribution in [-0.2, 0) is 0 Å². The summed E-state index contributed by atoms with van der Waals surface area (Å²) in [5.74, 6) is -9.74. The van der Waals surface area contributed by atoms with Crippen LogP contribution in [0, 0.1) is 0 Å². The van der Waals surface area contributed by atoms with Crippen LogP contribution in [0.4, 0.5) is 43.9 Å². The van der Waals surface area contributed by atoms with E-state index in [2.05, 4.69) is 0 Å². The van der Waals surface area contributed by atoms with Gasteiger partial charge in [-0.1, -0.05) is 12.8 Å². The SMILES string of the molecule is FC(F)(F)C(F)(F)CCCCCCC(F)(F)C(F)(F)F. The van der Waals surface area contributed by atoms with E-state index in [1.54, 1.807) is 0 Å². The van der Waals surface area contributed by atoms with Gasteiger partial charge in [-0.05, 0) is 12.8 Å². The fraction of sp³-hybridized carbons (Fsp3) is 1.00. The zero-order valence-electron chi connectivity index (χ0n) is 10.0. The van der Waals surface area contributed by atoms with E-state index in [1.165, 1.54) is 0 Å². The molecule has 0 spiro atoms. The van der Waals surface area contributed by atoms with Crippen LogP contribution >= 0.6 is 0 Å². The molecular weight excluding hydrogens is 310 g/mol. The highest BCUT2D eigenvalue weighted by molar-refractivity contribution is 4.77. The third kappa shape index (κ3) is 5.74. The minimum atomic E-state index is -5.68. The number of alkyl halides is 10. The van der Waals surface area contributed by atoms with Crippen molar-refractivity contribution in [3.05, 3.63) is 0 Å². The molecule has 0 heterocycles. The van der Waals surface area contributed by atoms with E-state index >= 15 is 0 Å². The summed E-state index contributed by atoms with van der Waals surface area (Å²) >= 11 is 0. The van der Waals surface area contributed by atoms with Crippen LogP contribution < -0.4 is 0 Å². The molecule has 0 radical (unpaired) electrons. The van der Waals surface area contributed by atoms with Gasteiger partial charge in [0.25, 0.3) is 0 Å². The molecule has 0 aromatic carbocycles. The van der Waals surface area contributed by atoms with Gasteiger partial charge in [-0.25, -0.2) is 0 Å². The molecule has 0 rings (SSSR count). The van der Waals surface area contributed by atoms with Gasteiger partial charge in [0.1, 0.15) is 0 Å². The third-order valence-electron chi connectivity index (χ3n) is 2.56. The summed E-state index contributed by atoms with van der Waals surface area (Å²) < 4.78 is 120. The van der Waals surface area contributed by atoms with E-state index in [4.69, 9.17) is 0 Å². The van der Waals surface area contributed by atoms with Crippen LogP contribution in [-0.4, -0.2) is 24.2 Å². The molecule has 0 bridgehead atoms. The van der Waals surface area contributed by atoms with Crippen LogP contribution in [0.15, 0.2) is 0 Å². The molecule has 0 atom stereocenters. The van der Waals surface area contributed by atoms with Crippen molar-refractivity contribution >= 4 is 0 Å². The summed E-state index contributed by atoms with van der Waals surface area (Å²) in [7, 11) is 0. The molecule has 0 nitrogen and oxygen atoms in total. The number of hydrogen-bond donors (Lipinski definition) is 0. The van der Waals surface area contributed by atoms with Crippen LogP contribution in [0.1, 0.15) is 38.5 Å². The van der Waals surface area contributed by atoms with Crippen molar-refractivity contribution in [2.75, 3.05) is 0 Å². The summed E-state index contributed by atoms with van der Waals surface area (Å²) in [4.78, 5) is 0. The molecule has 0 fully saturated rings. The highest BCUT2D eigenvalue weighted by atomic mass is 19.4. The molecule has 0 amide bonds. The smallest absolute Gasteiger partial charge is 0.196 e. The van der Waals surface area contributed by atoms with E-state index in [9.17, 15) is 43.9 Å². The Morgan fingerprint density at radius 3 is 0.850 bits per heavy atom. The standard InChI is InChI=1S/C10H12F10/c11-7(12,9(15,16)17)5-3-1-2-4-6-8(13,14)10(18,19)20/h1-6H2. The van der Waals surface area contributed by atoms with Crippen molar-refractivity contribution in [3.63, 3.8) is 0 Å². The molecule has 0 aliphatic heterocycles. The Morgan fingerprint density at radius 2 is 0.650 bits per heavy atom. The third-order valence-corrected chi connectivity index (χ3v) is 2.56. The lowest BCUT2D eigenvalue weighted by Crippen LogP contribution is -2.36. The molecule has 20 heavy (non-hydrogen) atoms. The number of unbranched alkanes of at least 4 members (excludes halogenated alkanes) is 3. The van der Waals surface area contributed by atoms with Crippen LogP contribution in [0.2, 0.25) is 0 Å². The Balaban J connectivity index is 3.91. The summed E-state index contributed by atoms with van der Waals surface area (Å²) in [6.07, 6.45) is -16.2. The first-order valence-electron chi connectivity index (χ1n) is 5.60. The van der Waals surface area contributed by atoms with Gasteiger partial charge in [-0.3, -0.25) is 0 Å². The maximum absolute atomic E-state index is 12.4. The van der Waals surface area contributed by atoms with Crippen LogP contribution in [0.3, 0.4) is 0 Å². The van der Waals surface area contributed by atoms with E-state index in [1.807, 2.05) is 0 Å². The van der Waals surface area contributed by atoms with E-state index in [0.29, 0.717) is 0 Å². The average molecular weight is 322 g/mol. The molecule has 0 unspecified atom stereocenters. The summed E-state index contributed by atoms with van der Waals surface area (Å²) in [6, 6.07) is 0. The molecule has 0 aromatic rings. The van der Waals surface area contributed by atoms with Gasteiger partial charge in [0.05, 0.1) is 0 Å². The Bertz CT molecular complexity index is 257. The summed E-state index contributed by atoms with van der Waals surface area (Å²) in [6.45, 7) is 0. The van der Waals surface area contributed by atoms with E-state index in [-0.39, 0.29) is 12.8 Å². The van der Waals surface area contributed by atoms with Gasteiger partial charge in [-0.15, -0.1) is 0 Å². The van der Waals surface area contributed by atoms with Crippen molar-refractivity contribution in [2.24, 2.45) is 0 Å². The second-order valence-corrected chi connectivity index (χ2v) is 4.32. The van der Waals surface area contributed by atoms with Crippen molar-refractivity contribution in [1.82, 2.24) is 0 Å². The fourth-order valence-corrected chi connectivity index (χ4v) is 1.33. The maximum atomic E-state index is 12.4. The predicted molar refractivity (Wildman–Crippen MR) is 49.7 cm³/mol. The van der Waals surface area contributed by atoms with Crippen LogP contribution in [0.25, 0.3) is 0 Å². The monoisotopic (exact) mass is 322 g/mol. The highest BCUT2D eigenvalue weighted by Gasteiger charge is 2.57. The zero-order chi connectivity index (χ0) is 16.2. The Kier molecular flexibility index (Phi) is 6.16. The maximum Gasteiger partial charge on any atom is 0.453 e. The average Bonchev–Trinajstić information content (AvgIpc) is 2.19. The van der Waals surface area contributed by atoms with Crippen molar-refractivity contribution < 1.29 is 43.9 Å². The first kappa shape index (κ1) is 19.3. The molecule has 0 saturated carbocycles. The Morgan fingerprint density at radius 1 is 0.400 bits per heavy atom. The number of hydrogen-bond acceptors (Lipinski definition) is 0. The van der Waals surface area contributed by atoms with Gasteiger partial charge in [0.2, 0.25) is 0 Å². The minimum Gasteiger partial charge on any atom is -0.196 e. The predicted octanol–water partition coefficient (Wildman–Crippen LogP) is 5.72. The lowest BCUT2D eigenvalue weighted by atomic mass is 10.0. The Hall–Kier alpha value is -0.700. The fourth-order valence-electron chi connectivity index (χ4n) is 1.33. The topological polar surface area (TPSA) is 0 Å². The largest absolute Gasteiger partial charge is 0.453 e. The van der Waals surface area contributed by atoms with E-state index < -0.39 is 49.9 Å². The number of halogens is 10. The zero-order valence-corrected chi connectivity index (χ0v) is 10.0. The molecule has 0 aromatic heterocycles. The second-order valence-electron chi connectivity index (χ2n) is 4.32. The number of rotatable bonds is 7. The van der Waals surface area contributed by atoms with Crippen molar-refractivity contribution in [3.8, 4) is 0 Å². The lowest BCUT2D eigenvalue weighted by Gasteiger charge is -2.20. The highest BCUT2D eigenvalue weighted by Crippen LogP contribution is 2.40. The lowest BCUT2D eigenvalue weighted by molar-refractivity contribution is -0.285. The molecule has 0 aliphatic rings. The van der Waals surface area contributed by atoms with Crippen molar-refractivity contribution in [1.29, 1.82) is 0 Å². The molecule has 0 N–H and O–H groups in total. The molecule has 122 valence electrons. The summed E-state index contributed by atoms with van der Waals surface area (Å²) in [5.41, 5.74) is 0. The van der Waals surface area contributed by atoms with Gasteiger partial charge in [0.15, 0.2) is 0 Å². The van der Waals surface area contributed by atoms with Gasteiger partial charge < -0.3 is 0 Å². The molecule has 10 heteroatoms. The van der Waals surface area contributed by atoms with Gasteiger partial charge in [-0.2, -0.15) is 43.9 Å². The molecule has 0 aliphatic carbocycles. The van der Waals surface area contributed by atoms with Gasteiger partial charge >= 0.3 is 24.2 Å².